The molecule has 1 heterocycles. The van der Waals surface area contributed by atoms with E-state index < -0.39 is 45.3 Å². The van der Waals surface area contributed by atoms with Crippen LogP contribution in [-0.4, -0.2) is 45.7 Å². The molecule has 0 amide bonds. The topological polar surface area (TPSA) is 85.1 Å². The quantitative estimate of drug-likeness (QED) is 0.606. The van der Waals surface area contributed by atoms with Crippen LogP contribution in [0.2, 0.25) is 10.0 Å². The van der Waals surface area contributed by atoms with Crippen molar-refractivity contribution in [3.05, 3.63) is 46.5 Å². The van der Waals surface area contributed by atoms with Crippen molar-refractivity contribution in [2.24, 2.45) is 5.92 Å². The summed E-state index contributed by atoms with van der Waals surface area (Å²) in [5.41, 5.74) is -2.20. The van der Waals surface area contributed by atoms with Gasteiger partial charge in [-0.05, 0) is 12.1 Å². The molecular formula is C15H15Cl2F4N3O3S. The van der Waals surface area contributed by atoms with Crippen molar-refractivity contribution in [2.45, 2.75) is 30.7 Å². The largest absolute Gasteiger partial charge is 0.404 e. The van der Waals surface area contributed by atoms with Gasteiger partial charge in [0, 0.05) is 21.5 Å². The lowest BCUT2D eigenvalue weighted by Crippen LogP contribution is -2.46. The van der Waals surface area contributed by atoms with E-state index in [1.807, 2.05) is 0 Å². The maximum atomic E-state index is 13.5. The fourth-order valence-electron chi connectivity index (χ4n) is 2.62. The summed E-state index contributed by atoms with van der Waals surface area (Å²) in [6, 6.07) is 3.90. The number of rotatable bonds is 8. The first kappa shape index (κ1) is 22.9. The van der Waals surface area contributed by atoms with E-state index in [9.17, 15) is 31.1 Å². The van der Waals surface area contributed by atoms with E-state index in [-0.39, 0.29) is 15.6 Å². The highest BCUT2D eigenvalue weighted by molar-refractivity contribution is 7.92. The van der Waals surface area contributed by atoms with Gasteiger partial charge in [0.1, 0.15) is 18.3 Å². The van der Waals surface area contributed by atoms with Gasteiger partial charge in [-0.3, -0.25) is 0 Å². The zero-order valence-electron chi connectivity index (χ0n) is 14.2. The zero-order chi connectivity index (χ0) is 21.3. The minimum absolute atomic E-state index is 0.0304. The van der Waals surface area contributed by atoms with E-state index in [4.69, 9.17) is 23.2 Å². The number of aromatic nitrogens is 3. The summed E-state index contributed by atoms with van der Waals surface area (Å²) in [6.45, 7) is 0.701. The summed E-state index contributed by atoms with van der Waals surface area (Å²) in [6.07, 6.45) is -2.08. The lowest BCUT2D eigenvalue weighted by molar-refractivity contribution is -0.0657. The molecule has 0 fully saturated rings. The molecule has 0 radical (unpaired) electrons. The summed E-state index contributed by atoms with van der Waals surface area (Å²) in [7, 11) is -5.61. The highest BCUT2D eigenvalue weighted by atomic mass is 35.5. The Morgan fingerprint density at radius 1 is 1.29 bits per heavy atom. The van der Waals surface area contributed by atoms with E-state index in [1.165, 1.54) is 24.5 Å². The maximum Gasteiger partial charge on any atom is 0.404 e. The molecule has 0 saturated heterocycles. The number of alkyl halides is 4. The van der Waals surface area contributed by atoms with Gasteiger partial charge in [-0.15, -0.1) is 0 Å². The lowest BCUT2D eigenvalue weighted by atomic mass is 9.83. The Balaban J connectivity index is 2.49. The summed E-state index contributed by atoms with van der Waals surface area (Å²) in [4.78, 5) is 3.68. The monoisotopic (exact) mass is 463 g/mol. The molecule has 2 rings (SSSR count). The molecule has 2 aromatic rings. The minimum atomic E-state index is -5.61. The molecule has 1 aromatic heterocycles. The molecule has 28 heavy (non-hydrogen) atoms. The first-order valence-electron chi connectivity index (χ1n) is 7.70. The van der Waals surface area contributed by atoms with Crippen LogP contribution < -0.4 is 0 Å². The Bertz CT molecular complexity index is 929. The molecule has 2 atom stereocenters. The molecule has 0 aliphatic carbocycles. The van der Waals surface area contributed by atoms with Crippen molar-refractivity contribution < 1.29 is 31.1 Å². The van der Waals surface area contributed by atoms with Gasteiger partial charge in [-0.2, -0.15) is 13.9 Å². The molecule has 0 saturated carbocycles. The van der Waals surface area contributed by atoms with Gasteiger partial charge in [0.25, 0.3) is 0 Å². The van der Waals surface area contributed by atoms with Gasteiger partial charge in [0.15, 0.2) is 0 Å². The van der Waals surface area contributed by atoms with Crippen molar-refractivity contribution in [1.82, 2.24) is 14.8 Å². The average Bonchev–Trinajstić information content (AvgIpc) is 3.06. The van der Waals surface area contributed by atoms with Crippen LogP contribution in [0.25, 0.3) is 0 Å². The molecule has 0 aliphatic heterocycles. The minimum Gasteiger partial charge on any atom is -0.383 e. The molecule has 0 unspecified atom stereocenters. The molecule has 6 nitrogen and oxygen atoms in total. The second-order valence-electron chi connectivity index (χ2n) is 6.19. The van der Waals surface area contributed by atoms with Crippen molar-refractivity contribution >= 4 is 33.0 Å². The third-order valence-corrected chi connectivity index (χ3v) is 6.71. The number of nitrogens with zero attached hydrogens (tertiary/aromatic N) is 3. The molecule has 0 spiro atoms. The number of sulfone groups is 1. The second kappa shape index (κ2) is 8.13. The van der Waals surface area contributed by atoms with E-state index in [0.29, 0.717) is 0 Å². The molecule has 0 bridgehead atoms. The highest BCUT2D eigenvalue weighted by Crippen LogP contribution is 2.40. The number of aliphatic hydroxyl groups is 1. The average molecular weight is 464 g/mol. The van der Waals surface area contributed by atoms with Gasteiger partial charge < -0.3 is 5.11 Å². The first-order valence-corrected chi connectivity index (χ1v) is 10.1. The van der Waals surface area contributed by atoms with Crippen LogP contribution in [0.3, 0.4) is 0 Å². The molecule has 13 heteroatoms. The van der Waals surface area contributed by atoms with Crippen LogP contribution in [0.5, 0.6) is 0 Å². The Labute approximate surface area is 168 Å². The normalized spacial score (nSPS) is 16.2. The SMILES string of the molecule is C[C@@H](CS(=O)(=O)C(F)(F)C(F)F)[C@](O)(Cn1cncn1)c1ccc(Cl)cc1Cl. The van der Waals surface area contributed by atoms with Crippen LogP contribution in [0.4, 0.5) is 17.6 Å². The van der Waals surface area contributed by atoms with Crippen molar-refractivity contribution in [3.63, 3.8) is 0 Å². The Kier molecular flexibility index (Phi) is 6.64. The van der Waals surface area contributed by atoms with Crippen molar-refractivity contribution in [2.75, 3.05) is 5.75 Å². The predicted molar refractivity (Wildman–Crippen MR) is 94.3 cm³/mol. The van der Waals surface area contributed by atoms with Crippen molar-refractivity contribution in [1.29, 1.82) is 0 Å². The predicted octanol–water partition coefficient (Wildman–Crippen LogP) is 3.38. The molecule has 1 N–H and O–H groups in total. The van der Waals surface area contributed by atoms with Crippen LogP contribution >= 0.6 is 23.2 Å². The molecule has 156 valence electrons. The lowest BCUT2D eigenvalue weighted by Gasteiger charge is -2.35. The second-order valence-corrected chi connectivity index (χ2v) is 9.14. The number of benzene rings is 1. The van der Waals surface area contributed by atoms with Gasteiger partial charge in [0.2, 0.25) is 9.84 Å². The van der Waals surface area contributed by atoms with E-state index in [2.05, 4.69) is 10.1 Å². The van der Waals surface area contributed by atoms with Gasteiger partial charge in [-0.25, -0.2) is 26.9 Å². The fourth-order valence-corrected chi connectivity index (χ4v) is 4.62. The molecule has 0 aliphatic rings. The molecular weight excluding hydrogens is 449 g/mol. The standard InChI is InChI=1S/C15H15Cl2F4N3O3S/c1-9(5-28(26,27)15(20,21)13(18)19)14(25,6-24-8-22-7-23-24)11-3-2-10(16)4-12(11)17/h2-4,7-9,13,25H,5-6H2,1H3/t9-,14+/m0/s1. The van der Waals surface area contributed by atoms with E-state index >= 15 is 0 Å². The Morgan fingerprint density at radius 3 is 2.43 bits per heavy atom. The van der Waals surface area contributed by atoms with Crippen LogP contribution in [0.15, 0.2) is 30.9 Å². The van der Waals surface area contributed by atoms with Gasteiger partial charge in [0.05, 0.1) is 12.3 Å². The van der Waals surface area contributed by atoms with Crippen LogP contribution in [0.1, 0.15) is 12.5 Å². The smallest absolute Gasteiger partial charge is 0.383 e. The number of hydrogen-bond donors (Lipinski definition) is 1. The fraction of sp³-hybridized carbons (Fsp3) is 0.467. The third kappa shape index (κ3) is 4.42. The zero-order valence-corrected chi connectivity index (χ0v) is 16.6. The van der Waals surface area contributed by atoms with Crippen LogP contribution in [0, 0.1) is 5.92 Å². The van der Waals surface area contributed by atoms with Crippen molar-refractivity contribution in [3.8, 4) is 0 Å². The van der Waals surface area contributed by atoms with E-state index in [1.54, 1.807) is 0 Å². The van der Waals surface area contributed by atoms with Gasteiger partial charge in [-0.1, -0.05) is 36.2 Å². The summed E-state index contributed by atoms with van der Waals surface area (Å²) in [5, 5.41) is 9.91. The maximum absolute atomic E-state index is 13.5. The summed E-state index contributed by atoms with van der Waals surface area (Å²) >= 11 is 11.9. The highest BCUT2D eigenvalue weighted by Gasteiger charge is 2.55. The molecule has 1 aromatic carbocycles. The van der Waals surface area contributed by atoms with Gasteiger partial charge >= 0.3 is 11.7 Å². The van der Waals surface area contributed by atoms with E-state index in [0.717, 1.165) is 17.9 Å². The third-order valence-electron chi connectivity index (χ3n) is 4.22. The van der Waals surface area contributed by atoms with Crippen LogP contribution in [-0.2, 0) is 22.0 Å². The summed E-state index contributed by atoms with van der Waals surface area (Å²) in [5.74, 6) is -2.92. The first-order chi connectivity index (χ1) is 12.8. The Morgan fingerprint density at radius 2 is 1.93 bits per heavy atom. The number of halogens is 6. The number of hydrogen-bond acceptors (Lipinski definition) is 5. The Hall–Kier alpha value is -1.43. The summed E-state index contributed by atoms with van der Waals surface area (Å²) < 4.78 is 77.0.